The summed E-state index contributed by atoms with van der Waals surface area (Å²) in [6.07, 6.45) is 0. The molecule has 2 heterocycles. The number of amides is 1. The summed E-state index contributed by atoms with van der Waals surface area (Å²) in [7, 11) is 1.77. The van der Waals surface area contributed by atoms with Crippen LogP contribution in [0.15, 0.2) is 16.7 Å². The van der Waals surface area contributed by atoms with Gasteiger partial charge in [-0.3, -0.25) is 4.79 Å². The second-order valence-electron chi connectivity index (χ2n) is 4.85. The van der Waals surface area contributed by atoms with Crippen molar-refractivity contribution in [3.8, 4) is 11.1 Å². The fraction of sp³-hybridized carbons (Fsp3) is 0.286. The summed E-state index contributed by atoms with van der Waals surface area (Å²) in [4.78, 5) is 13.6. The number of hydrogen-bond donors (Lipinski definition) is 0. The molecule has 1 aliphatic rings. The molecule has 0 spiro atoms. The van der Waals surface area contributed by atoms with Gasteiger partial charge in [0, 0.05) is 19.2 Å². The van der Waals surface area contributed by atoms with Gasteiger partial charge in [0.1, 0.15) is 5.76 Å². The maximum atomic E-state index is 12.0. The zero-order valence-electron chi connectivity index (χ0n) is 11.0. The fourth-order valence-corrected chi connectivity index (χ4v) is 2.91. The van der Waals surface area contributed by atoms with Crippen LogP contribution < -0.4 is 0 Å². The predicted molar refractivity (Wildman–Crippen MR) is 72.2 cm³/mol. The van der Waals surface area contributed by atoms with E-state index in [2.05, 4.69) is 5.16 Å². The molecule has 0 saturated carbocycles. The molecule has 0 unspecified atom stereocenters. The second kappa shape index (κ2) is 4.10. The van der Waals surface area contributed by atoms with Crippen LogP contribution in [0.5, 0.6) is 0 Å². The molecule has 98 valence electrons. The van der Waals surface area contributed by atoms with Gasteiger partial charge in [-0.1, -0.05) is 16.8 Å². The Balaban J connectivity index is 2.20. The Bertz CT molecular complexity index is 671. The van der Waals surface area contributed by atoms with Crippen molar-refractivity contribution in [1.82, 2.24) is 10.1 Å². The molecule has 1 amide bonds. The molecule has 0 aliphatic carbocycles. The Morgan fingerprint density at radius 3 is 2.68 bits per heavy atom. The Hall–Kier alpha value is -1.81. The van der Waals surface area contributed by atoms with Crippen LogP contribution in [0.25, 0.3) is 11.1 Å². The van der Waals surface area contributed by atoms with Crippen LogP contribution in [-0.4, -0.2) is 23.0 Å². The van der Waals surface area contributed by atoms with Gasteiger partial charge in [0.15, 0.2) is 0 Å². The quantitative estimate of drug-likeness (QED) is 0.803. The van der Waals surface area contributed by atoms with E-state index in [4.69, 9.17) is 16.1 Å². The predicted octanol–water partition coefficient (Wildman–Crippen LogP) is 3.20. The van der Waals surface area contributed by atoms with Crippen molar-refractivity contribution in [2.45, 2.75) is 20.4 Å². The third kappa shape index (κ3) is 1.75. The van der Waals surface area contributed by atoms with Crippen molar-refractivity contribution in [3.05, 3.63) is 39.7 Å². The molecule has 0 atom stereocenters. The summed E-state index contributed by atoms with van der Waals surface area (Å²) in [6.45, 7) is 4.35. The SMILES string of the molecule is Cc1noc(C)c1-c1cc(Cl)c2c(c1)CN(C)C2=O. The van der Waals surface area contributed by atoms with Gasteiger partial charge in [0.2, 0.25) is 0 Å². The minimum Gasteiger partial charge on any atom is -0.361 e. The third-order valence-electron chi connectivity index (χ3n) is 3.46. The lowest BCUT2D eigenvalue weighted by atomic mass is 9.99. The first kappa shape index (κ1) is 12.2. The number of fused-ring (bicyclic) bond motifs is 1. The standard InChI is InChI=1S/C14H13ClN2O2/c1-7-12(8(2)19-16-7)9-4-10-6-17(3)14(18)13(10)11(15)5-9/h4-5H,6H2,1-3H3. The Morgan fingerprint density at radius 1 is 1.32 bits per heavy atom. The average molecular weight is 277 g/mol. The van der Waals surface area contributed by atoms with Crippen LogP contribution in [0.4, 0.5) is 0 Å². The molecule has 4 nitrogen and oxygen atoms in total. The van der Waals surface area contributed by atoms with Gasteiger partial charge in [-0.25, -0.2) is 0 Å². The van der Waals surface area contributed by atoms with Gasteiger partial charge in [0.25, 0.3) is 5.91 Å². The molecule has 0 saturated heterocycles. The van der Waals surface area contributed by atoms with E-state index in [9.17, 15) is 4.79 Å². The first-order valence-electron chi connectivity index (χ1n) is 6.00. The van der Waals surface area contributed by atoms with E-state index in [-0.39, 0.29) is 5.91 Å². The van der Waals surface area contributed by atoms with E-state index >= 15 is 0 Å². The second-order valence-corrected chi connectivity index (χ2v) is 5.26. The van der Waals surface area contributed by atoms with E-state index < -0.39 is 0 Å². The van der Waals surface area contributed by atoms with Gasteiger partial charge in [-0.05, 0) is 37.1 Å². The van der Waals surface area contributed by atoms with E-state index in [0.29, 0.717) is 17.1 Å². The number of rotatable bonds is 1. The van der Waals surface area contributed by atoms with Crippen LogP contribution in [0, 0.1) is 13.8 Å². The number of carbonyl (C=O) groups is 1. The van der Waals surface area contributed by atoms with E-state index in [1.54, 1.807) is 11.9 Å². The van der Waals surface area contributed by atoms with E-state index in [1.165, 1.54) is 0 Å². The van der Waals surface area contributed by atoms with E-state index in [1.807, 2.05) is 26.0 Å². The molecule has 0 bridgehead atoms. The number of aryl methyl sites for hydroxylation is 2. The fourth-order valence-electron chi connectivity index (χ4n) is 2.59. The lowest BCUT2D eigenvalue weighted by molar-refractivity contribution is 0.0816. The van der Waals surface area contributed by atoms with Crippen molar-refractivity contribution in [2.75, 3.05) is 7.05 Å². The molecule has 3 rings (SSSR count). The summed E-state index contributed by atoms with van der Waals surface area (Å²) < 4.78 is 5.18. The lowest BCUT2D eigenvalue weighted by Crippen LogP contribution is -2.17. The molecule has 5 heteroatoms. The highest BCUT2D eigenvalue weighted by Crippen LogP contribution is 2.35. The van der Waals surface area contributed by atoms with Crippen molar-refractivity contribution in [1.29, 1.82) is 0 Å². The van der Waals surface area contributed by atoms with Crippen molar-refractivity contribution in [2.24, 2.45) is 0 Å². The molecule has 1 aromatic heterocycles. The number of halogens is 1. The van der Waals surface area contributed by atoms with E-state index in [0.717, 1.165) is 28.1 Å². The topological polar surface area (TPSA) is 46.3 Å². The maximum Gasteiger partial charge on any atom is 0.255 e. The molecular weight excluding hydrogens is 264 g/mol. The molecule has 19 heavy (non-hydrogen) atoms. The van der Waals surface area contributed by atoms with Crippen molar-refractivity contribution < 1.29 is 9.32 Å². The first-order valence-corrected chi connectivity index (χ1v) is 6.38. The molecule has 2 aromatic rings. The minimum atomic E-state index is -0.0229. The highest BCUT2D eigenvalue weighted by Gasteiger charge is 2.28. The summed E-state index contributed by atoms with van der Waals surface area (Å²) in [5, 5.41) is 4.44. The van der Waals surface area contributed by atoms with Crippen molar-refractivity contribution in [3.63, 3.8) is 0 Å². The van der Waals surface area contributed by atoms with Crippen LogP contribution >= 0.6 is 11.6 Å². The van der Waals surface area contributed by atoms with Gasteiger partial charge in [0.05, 0.1) is 16.3 Å². The molecular formula is C14H13ClN2O2. The number of carbonyl (C=O) groups excluding carboxylic acids is 1. The number of hydrogen-bond acceptors (Lipinski definition) is 3. The normalized spacial score (nSPS) is 14.1. The average Bonchev–Trinajstić information content (AvgIpc) is 2.81. The monoisotopic (exact) mass is 276 g/mol. The zero-order chi connectivity index (χ0) is 13.7. The van der Waals surface area contributed by atoms with Crippen LogP contribution in [0.1, 0.15) is 27.4 Å². The molecule has 0 N–H and O–H groups in total. The first-order chi connectivity index (χ1) is 8.99. The molecule has 0 fully saturated rings. The summed E-state index contributed by atoms with van der Waals surface area (Å²) in [5.74, 6) is 0.733. The number of aromatic nitrogens is 1. The molecule has 0 radical (unpaired) electrons. The van der Waals surface area contributed by atoms with Gasteiger partial charge in [-0.15, -0.1) is 0 Å². The highest BCUT2D eigenvalue weighted by molar-refractivity contribution is 6.34. The molecule has 1 aliphatic heterocycles. The van der Waals surface area contributed by atoms with Gasteiger partial charge < -0.3 is 9.42 Å². The van der Waals surface area contributed by atoms with Gasteiger partial charge in [-0.2, -0.15) is 0 Å². The smallest absolute Gasteiger partial charge is 0.255 e. The number of nitrogens with zero attached hydrogens (tertiary/aromatic N) is 2. The van der Waals surface area contributed by atoms with Crippen LogP contribution in [-0.2, 0) is 6.54 Å². The zero-order valence-corrected chi connectivity index (χ0v) is 11.7. The third-order valence-corrected chi connectivity index (χ3v) is 3.76. The molecule has 1 aromatic carbocycles. The Labute approximate surface area is 115 Å². The Kier molecular flexibility index (Phi) is 2.64. The van der Waals surface area contributed by atoms with Crippen molar-refractivity contribution >= 4 is 17.5 Å². The largest absolute Gasteiger partial charge is 0.361 e. The summed E-state index contributed by atoms with van der Waals surface area (Å²) in [6, 6.07) is 3.80. The minimum absolute atomic E-state index is 0.0229. The lowest BCUT2D eigenvalue weighted by Gasteiger charge is -2.05. The van der Waals surface area contributed by atoms with Crippen LogP contribution in [0.3, 0.4) is 0 Å². The summed E-state index contributed by atoms with van der Waals surface area (Å²) in [5.41, 5.74) is 4.29. The number of benzene rings is 1. The van der Waals surface area contributed by atoms with Crippen LogP contribution in [0.2, 0.25) is 5.02 Å². The summed E-state index contributed by atoms with van der Waals surface area (Å²) >= 11 is 6.26. The highest BCUT2D eigenvalue weighted by atomic mass is 35.5. The van der Waals surface area contributed by atoms with Gasteiger partial charge >= 0.3 is 0 Å². The maximum absolute atomic E-state index is 12.0. The Morgan fingerprint density at radius 2 is 2.05 bits per heavy atom.